The number of carbonyl (C=O) groups is 1. The number of carbonyl (C=O) groups excluding carboxylic acids is 1. The molecule has 206 valence electrons. The molecule has 1 fully saturated rings. The average Bonchev–Trinajstić information content (AvgIpc) is 3.55. The van der Waals surface area contributed by atoms with Gasteiger partial charge in [0.25, 0.3) is 5.91 Å². The second kappa shape index (κ2) is 11.1. The third-order valence-corrected chi connectivity index (χ3v) is 7.31. The van der Waals surface area contributed by atoms with Crippen molar-refractivity contribution in [1.82, 2.24) is 20.3 Å². The molecule has 0 unspecified atom stereocenters. The molecule has 1 aliphatic heterocycles. The summed E-state index contributed by atoms with van der Waals surface area (Å²) >= 11 is 0. The van der Waals surface area contributed by atoms with Gasteiger partial charge in [0, 0.05) is 48.6 Å². The number of aromatic amines is 1. The average molecular weight is 559 g/mol. The number of nitrogens with zero attached hydrogens (tertiary/aromatic N) is 3. The van der Waals surface area contributed by atoms with Crippen molar-refractivity contribution in [1.29, 1.82) is 0 Å². The second-order valence-corrected chi connectivity index (χ2v) is 11.4. The third-order valence-electron chi connectivity index (χ3n) is 6.32. The Hall–Kier alpha value is -3.81. The number of methoxy groups -OCH3 is 1. The number of H-pyrrole nitrogens is 1. The maximum Gasteiger partial charge on any atom is 0.254 e. The molecule has 2 aromatic carbocycles. The van der Waals surface area contributed by atoms with E-state index < -0.39 is 21.7 Å². The van der Waals surface area contributed by atoms with Crippen molar-refractivity contribution >= 4 is 26.6 Å². The zero-order valence-corrected chi connectivity index (χ0v) is 22.2. The number of nitrogens with one attached hydrogen (secondary N) is 1. The van der Waals surface area contributed by atoms with Gasteiger partial charge in [-0.3, -0.25) is 9.89 Å². The van der Waals surface area contributed by atoms with Gasteiger partial charge in [-0.05, 0) is 18.2 Å². The van der Waals surface area contributed by atoms with E-state index in [1.807, 2.05) is 0 Å². The summed E-state index contributed by atoms with van der Waals surface area (Å²) in [4.78, 5) is 14.7. The zero-order valence-electron chi connectivity index (χ0n) is 21.3. The van der Waals surface area contributed by atoms with Gasteiger partial charge in [-0.25, -0.2) is 12.8 Å². The number of sulfone groups is 1. The lowest BCUT2D eigenvalue weighted by atomic mass is 10.1. The minimum atomic E-state index is -3.29. The highest BCUT2D eigenvalue weighted by Gasteiger charge is 2.30. The number of morpholine rings is 1. The maximum absolute atomic E-state index is 14.6. The van der Waals surface area contributed by atoms with E-state index in [0.29, 0.717) is 58.9 Å². The van der Waals surface area contributed by atoms with Crippen molar-refractivity contribution in [3.63, 3.8) is 0 Å². The smallest absolute Gasteiger partial charge is 0.254 e. The van der Waals surface area contributed by atoms with Crippen LogP contribution in [-0.2, 0) is 19.3 Å². The highest BCUT2D eigenvalue weighted by Crippen LogP contribution is 2.33. The molecule has 1 N–H and O–H groups in total. The van der Waals surface area contributed by atoms with Crippen LogP contribution in [0.4, 0.5) is 4.39 Å². The number of aromatic nitrogens is 3. The number of rotatable bonds is 9. The van der Waals surface area contributed by atoms with Crippen LogP contribution in [0.2, 0.25) is 0 Å². The summed E-state index contributed by atoms with van der Waals surface area (Å²) in [6.07, 6.45) is 1.14. The van der Waals surface area contributed by atoms with E-state index in [-0.39, 0.29) is 30.6 Å². The standard InChI is InChI=1S/C26H27FN4O7S/c1-35-9-10-37-23-13-22-19(11-20(23)27)25(29-28-22)24-12-21(30-38-24)16-3-5-17(6-4-16)26(32)31-7-8-36-14-18(31)15-39(2,33)34/h3-6,11-13,18H,7-10,14-15H2,1-2H3,(H,28,29)/t18-/m1/s1. The van der Waals surface area contributed by atoms with Crippen LogP contribution < -0.4 is 4.74 Å². The highest BCUT2D eigenvalue weighted by molar-refractivity contribution is 7.90. The maximum atomic E-state index is 14.6. The first-order valence-corrected chi connectivity index (χ1v) is 14.2. The van der Waals surface area contributed by atoms with Crippen LogP contribution in [0.25, 0.3) is 33.6 Å². The minimum Gasteiger partial charge on any atom is -0.488 e. The zero-order chi connectivity index (χ0) is 27.6. The van der Waals surface area contributed by atoms with Crippen LogP contribution in [0.15, 0.2) is 47.0 Å². The van der Waals surface area contributed by atoms with Gasteiger partial charge >= 0.3 is 0 Å². The summed E-state index contributed by atoms with van der Waals surface area (Å²) in [7, 11) is -1.75. The molecule has 3 heterocycles. The van der Waals surface area contributed by atoms with Gasteiger partial charge in [0.15, 0.2) is 17.3 Å². The molecule has 0 aliphatic carbocycles. The molecule has 4 aromatic rings. The monoisotopic (exact) mass is 558 g/mol. The van der Waals surface area contributed by atoms with Gasteiger partial charge in [0.1, 0.15) is 27.8 Å². The first-order chi connectivity index (χ1) is 18.7. The Bertz CT molecular complexity index is 1580. The van der Waals surface area contributed by atoms with Gasteiger partial charge in [-0.15, -0.1) is 0 Å². The number of ether oxygens (including phenoxy) is 3. The van der Waals surface area contributed by atoms with Gasteiger partial charge < -0.3 is 23.6 Å². The van der Waals surface area contributed by atoms with Gasteiger partial charge in [-0.2, -0.15) is 5.10 Å². The van der Waals surface area contributed by atoms with Gasteiger partial charge in [0.05, 0.1) is 37.1 Å². The topological polar surface area (TPSA) is 137 Å². The Morgan fingerprint density at radius 3 is 2.74 bits per heavy atom. The van der Waals surface area contributed by atoms with Crippen molar-refractivity contribution in [3.05, 3.63) is 53.8 Å². The van der Waals surface area contributed by atoms with E-state index in [2.05, 4.69) is 15.4 Å². The fourth-order valence-electron chi connectivity index (χ4n) is 4.43. The molecule has 1 amide bonds. The molecule has 39 heavy (non-hydrogen) atoms. The second-order valence-electron chi connectivity index (χ2n) is 9.22. The number of hydrogen-bond donors (Lipinski definition) is 1. The Labute approximate surface area is 223 Å². The molecule has 0 bridgehead atoms. The van der Waals surface area contributed by atoms with Crippen LogP contribution in [-0.4, -0.2) is 92.7 Å². The summed E-state index contributed by atoms with van der Waals surface area (Å²) in [6.45, 7) is 1.38. The van der Waals surface area contributed by atoms with Crippen LogP contribution in [0.5, 0.6) is 5.75 Å². The van der Waals surface area contributed by atoms with E-state index >= 15 is 0 Å². The lowest BCUT2D eigenvalue weighted by Crippen LogP contribution is -2.51. The molecule has 13 heteroatoms. The quantitative estimate of drug-likeness (QED) is 0.307. The molecular formula is C26H27FN4O7S. The number of halogens is 1. The van der Waals surface area contributed by atoms with E-state index in [1.165, 1.54) is 19.2 Å². The first kappa shape index (κ1) is 26.8. The summed E-state index contributed by atoms with van der Waals surface area (Å²) in [5, 5.41) is 11.7. The molecule has 1 saturated heterocycles. The molecule has 0 radical (unpaired) electrons. The summed E-state index contributed by atoms with van der Waals surface area (Å²) in [6, 6.07) is 10.8. The van der Waals surface area contributed by atoms with Crippen molar-refractivity contribution in [2.45, 2.75) is 6.04 Å². The summed E-state index contributed by atoms with van der Waals surface area (Å²) in [5.74, 6) is -0.551. The Morgan fingerprint density at radius 1 is 1.21 bits per heavy atom. The fourth-order valence-corrected chi connectivity index (χ4v) is 5.41. The molecular weight excluding hydrogens is 531 g/mol. The number of fused-ring (bicyclic) bond motifs is 1. The molecule has 11 nitrogen and oxygen atoms in total. The Balaban J connectivity index is 1.33. The molecule has 1 aliphatic rings. The van der Waals surface area contributed by atoms with Gasteiger partial charge in [0.2, 0.25) is 0 Å². The minimum absolute atomic E-state index is 0.0855. The molecule has 1 atom stereocenters. The molecule has 0 spiro atoms. The van der Waals surface area contributed by atoms with Crippen molar-refractivity contribution in [2.24, 2.45) is 0 Å². The van der Waals surface area contributed by atoms with Crippen molar-refractivity contribution < 1.29 is 36.3 Å². The van der Waals surface area contributed by atoms with E-state index in [9.17, 15) is 17.6 Å². The number of hydrogen-bond acceptors (Lipinski definition) is 9. The van der Waals surface area contributed by atoms with Crippen LogP contribution >= 0.6 is 0 Å². The lowest BCUT2D eigenvalue weighted by Gasteiger charge is -2.35. The Morgan fingerprint density at radius 2 is 2.00 bits per heavy atom. The molecule has 5 rings (SSSR count). The van der Waals surface area contributed by atoms with Crippen LogP contribution in [0, 0.1) is 5.82 Å². The van der Waals surface area contributed by atoms with Crippen LogP contribution in [0.3, 0.4) is 0 Å². The van der Waals surface area contributed by atoms with Crippen molar-refractivity contribution in [2.75, 3.05) is 52.1 Å². The SMILES string of the molecule is COCCOc1cc2[nH]nc(-c3cc(-c4ccc(C(=O)N5CCOC[C@@H]5CS(C)(=O)=O)cc4)no3)c2cc1F. The lowest BCUT2D eigenvalue weighted by molar-refractivity contribution is 0.00454. The van der Waals surface area contributed by atoms with Gasteiger partial charge in [-0.1, -0.05) is 17.3 Å². The third kappa shape index (κ3) is 5.95. The first-order valence-electron chi connectivity index (χ1n) is 12.2. The predicted molar refractivity (Wildman–Crippen MR) is 140 cm³/mol. The summed E-state index contributed by atoms with van der Waals surface area (Å²) in [5.41, 5.74) is 2.57. The molecule has 2 aromatic heterocycles. The van der Waals surface area contributed by atoms with Crippen molar-refractivity contribution in [3.8, 4) is 28.5 Å². The largest absolute Gasteiger partial charge is 0.488 e. The predicted octanol–water partition coefficient (Wildman–Crippen LogP) is 2.93. The number of benzene rings is 2. The normalized spacial score (nSPS) is 16.1. The number of amides is 1. The fraction of sp³-hybridized carbons (Fsp3) is 0.346. The summed E-state index contributed by atoms with van der Waals surface area (Å²) < 4.78 is 59.5. The van der Waals surface area contributed by atoms with E-state index in [1.54, 1.807) is 35.2 Å². The van der Waals surface area contributed by atoms with Crippen LogP contribution in [0.1, 0.15) is 10.4 Å². The molecule has 0 saturated carbocycles. The Kier molecular flexibility index (Phi) is 7.64. The highest BCUT2D eigenvalue weighted by atomic mass is 32.2. The van der Waals surface area contributed by atoms with E-state index in [4.69, 9.17) is 18.7 Å². The van der Waals surface area contributed by atoms with E-state index in [0.717, 1.165) is 6.26 Å².